The van der Waals surface area contributed by atoms with Crippen molar-refractivity contribution in [3.8, 4) is 0 Å². The molecular weight excluding hydrogens is 277 g/mol. The van der Waals surface area contributed by atoms with Crippen LogP contribution in [0.4, 0.5) is 13.2 Å². The summed E-state index contributed by atoms with van der Waals surface area (Å²) < 4.78 is 38.1. The average Bonchev–Trinajstić information content (AvgIpc) is 2.36. The second kappa shape index (κ2) is 6.43. The van der Waals surface area contributed by atoms with Crippen LogP contribution in [0.5, 0.6) is 0 Å². The standard InChI is InChI=1S/C12H19F3N2O3/c1-11(10(19)20,12(13,14)15)17-9(18)3-2-8-4-6-16-7-5-8/h8,16H,2-7H2,1H3,(H,17,18)(H,19,20). The van der Waals surface area contributed by atoms with Gasteiger partial charge in [0.05, 0.1) is 0 Å². The number of hydrogen-bond acceptors (Lipinski definition) is 3. The third-order valence-corrected chi connectivity index (χ3v) is 3.62. The first kappa shape index (κ1) is 16.7. The van der Waals surface area contributed by atoms with Gasteiger partial charge in [0.25, 0.3) is 0 Å². The van der Waals surface area contributed by atoms with Gasteiger partial charge in [0.15, 0.2) is 0 Å². The summed E-state index contributed by atoms with van der Waals surface area (Å²) in [4.78, 5) is 22.3. The molecule has 1 rings (SSSR count). The molecule has 1 aliphatic rings. The van der Waals surface area contributed by atoms with Gasteiger partial charge in [-0.1, -0.05) is 0 Å². The third kappa shape index (κ3) is 4.09. The first-order valence-electron chi connectivity index (χ1n) is 6.48. The van der Waals surface area contributed by atoms with Gasteiger partial charge in [-0.05, 0) is 45.2 Å². The predicted octanol–water partition coefficient (Wildman–Crippen LogP) is 1.29. The molecule has 0 spiro atoms. The summed E-state index contributed by atoms with van der Waals surface area (Å²) in [6, 6.07) is 0. The fourth-order valence-electron chi connectivity index (χ4n) is 2.09. The number of amides is 1. The second-order valence-electron chi connectivity index (χ2n) is 5.21. The van der Waals surface area contributed by atoms with Crippen LogP contribution >= 0.6 is 0 Å². The number of aliphatic carboxylic acids is 1. The Morgan fingerprint density at radius 1 is 1.30 bits per heavy atom. The van der Waals surface area contributed by atoms with E-state index in [4.69, 9.17) is 5.11 Å². The maximum Gasteiger partial charge on any atom is 0.422 e. The minimum atomic E-state index is -5.04. The molecule has 1 atom stereocenters. The molecule has 20 heavy (non-hydrogen) atoms. The average molecular weight is 296 g/mol. The number of carbonyl (C=O) groups excluding carboxylic acids is 1. The van der Waals surface area contributed by atoms with E-state index in [2.05, 4.69) is 5.32 Å². The number of alkyl halides is 3. The Morgan fingerprint density at radius 2 is 1.85 bits per heavy atom. The summed E-state index contributed by atoms with van der Waals surface area (Å²) in [5, 5.41) is 13.4. The fraction of sp³-hybridized carbons (Fsp3) is 0.833. The molecule has 0 radical (unpaired) electrons. The Bertz CT molecular complexity index is 367. The molecule has 3 N–H and O–H groups in total. The van der Waals surface area contributed by atoms with Crippen LogP contribution in [0.1, 0.15) is 32.6 Å². The largest absolute Gasteiger partial charge is 0.479 e. The minimum absolute atomic E-state index is 0.0936. The Balaban J connectivity index is 2.52. The Hall–Kier alpha value is -1.31. The number of rotatable bonds is 5. The lowest BCUT2D eigenvalue weighted by atomic mass is 9.92. The van der Waals surface area contributed by atoms with Gasteiger partial charge in [0.1, 0.15) is 0 Å². The van der Waals surface area contributed by atoms with Crippen LogP contribution in [0.25, 0.3) is 0 Å². The van der Waals surface area contributed by atoms with E-state index < -0.39 is 23.6 Å². The van der Waals surface area contributed by atoms with E-state index in [9.17, 15) is 22.8 Å². The molecule has 8 heteroatoms. The highest BCUT2D eigenvalue weighted by Crippen LogP contribution is 2.30. The van der Waals surface area contributed by atoms with Gasteiger partial charge in [-0.2, -0.15) is 13.2 Å². The fourth-order valence-corrected chi connectivity index (χ4v) is 2.09. The van der Waals surface area contributed by atoms with Crippen molar-refractivity contribution < 1.29 is 27.9 Å². The second-order valence-corrected chi connectivity index (χ2v) is 5.21. The Kier molecular flexibility index (Phi) is 5.38. The van der Waals surface area contributed by atoms with Crippen molar-refractivity contribution in [3.63, 3.8) is 0 Å². The van der Waals surface area contributed by atoms with Crippen LogP contribution in [0.3, 0.4) is 0 Å². The molecule has 116 valence electrons. The van der Waals surface area contributed by atoms with E-state index in [1.807, 2.05) is 0 Å². The van der Waals surface area contributed by atoms with Gasteiger partial charge in [-0.25, -0.2) is 4.79 Å². The minimum Gasteiger partial charge on any atom is -0.479 e. The highest BCUT2D eigenvalue weighted by atomic mass is 19.4. The first-order valence-corrected chi connectivity index (χ1v) is 6.48. The van der Waals surface area contributed by atoms with Crippen molar-refractivity contribution in [1.29, 1.82) is 0 Å². The van der Waals surface area contributed by atoms with Crippen molar-refractivity contribution in [3.05, 3.63) is 0 Å². The summed E-state index contributed by atoms with van der Waals surface area (Å²) in [6.45, 7) is 2.13. The number of nitrogens with one attached hydrogen (secondary N) is 2. The zero-order valence-electron chi connectivity index (χ0n) is 11.2. The summed E-state index contributed by atoms with van der Waals surface area (Å²) in [6.07, 6.45) is -2.90. The quantitative estimate of drug-likeness (QED) is 0.714. The van der Waals surface area contributed by atoms with E-state index in [0.717, 1.165) is 25.9 Å². The first-order chi connectivity index (χ1) is 9.17. The van der Waals surface area contributed by atoms with Gasteiger partial charge < -0.3 is 15.7 Å². The van der Waals surface area contributed by atoms with Crippen LogP contribution in [0.2, 0.25) is 0 Å². The van der Waals surface area contributed by atoms with Crippen LogP contribution < -0.4 is 10.6 Å². The van der Waals surface area contributed by atoms with Crippen LogP contribution in [-0.4, -0.2) is 41.8 Å². The van der Waals surface area contributed by atoms with Gasteiger partial charge in [-0.3, -0.25) is 4.79 Å². The lowest BCUT2D eigenvalue weighted by molar-refractivity contribution is -0.207. The van der Waals surface area contributed by atoms with Crippen molar-refractivity contribution in [2.45, 2.75) is 44.3 Å². The SMILES string of the molecule is CC(NC(=O)CCC1CCNCC1)(C(=O)O)C(F)(F)F. The van der Waals surface area contributed by atoms with Gasteiger partial charge in [0.2, 0.25) is 11.4 Å². The highest BCUT2D eigenvalue weighted by Gasteiger charge is 2.58. The van der Waals surface area contributed by atoms with Gasteiger partial charge in [-0.15, -0.1) is 0 Å². The number of halogens is 3. The monoisotopic (exact) mass is 296 g/mol. The van der Waals surface area contributed by atoms with Crippen molar-refractivity contribution in [2.24, 2.45) is 5.92 Å². The number of carboxylic acid groups (broad SMARTS) is 1. The zero-order chi connectivity index (χ0) is 15.4. The molecule has 0 aromatic carbocycles. The smallest absolute Gasteiger partial charge is 0.422 e. The molecule has 1 aliphatic heterocycles. The van der Waals surface area contributed by atoms with Crippen LogP contribution in [-0.2, 0) is 9.59 Å². The molecule has 0 aromatic heterocycles. The highest BCUT2D eigenvalue weighted by molar-refractivity contribution is 5.87. The molecule has 0 aliphatic carbocycles. The molecule has 1 amide bonds. The Labute approximate surface area is 114 Å². The number of carboxylic acids is 1. The van der Waals surface area contributed by atoms with Crippen LogP contribution in [0, 0.1) is 5.92 Å². The van der Waals surface area contributed by atoms with Crippen molar-refractivity contribution in [2.75, 3.05) is 13.1 Å². The van der Waals surface area contributed by atoms with E-state index in [1.165, 1.54) is 0 Å². The van der Waals surface area contributed by atoms with E-state index in [0.29, 0.717) is 19.3 Å². The molecule has 1 fully saturated rings. The lowest BCUT2D eigenvalue weighted by Crippen LogP contribution is -2.61. The Morgan fingerprint density at radius 3 is 2.30 bits per heavy atom. The third-order valence-electron chi connectivity index (χ3n) is 3.62. The van der Waals surface area contributed by atoms with E-state index in [-0.39, 0.29) is 6.42 Å². The van der Waals surface area contributed by atoms with Gasteiger partial charge >= 0.3 is 12.1 Å². The summed E-state index contributed by atoms with van der Waals surface area (Å²) >= 11 is 0. The molecule has 1 unspecified atom stereocenters. The maximum atomic E-state index is 12.7. The normalized spacial score (nSPS) is 20.2. The topological polar surface area (TPSA) is 78.4 Å². The summed E-state index contributed by atoms with van der Waals surface area (Å²) in [5.74, 6) is -2.70. The van der Waals surface area contributed by atoms with Gasteiger partial charge in [0, 0.05) is 6.42 Å². The number of hydrogen-bond donors (Lipinski definition) is 3. The number of piperidine rings is 1. The molecule has 1 saturated heterocycles. The lowest BCUT2D eigenvalue weighted by Gasteiger charge is -2.29. The molecule has 1 heterocycles. The summed E-state index contributed by atoms with van der Waals surface area (Å²) in [5.41, 5.74) is -3.24. The maximum absolute atomic E-state index is 12.7. The molecule has 5 nitrogen and oxygen atoms in total. The molecular formula is C12H19F3N2O3. The summed E-state index contributed by atoms with van der Waals surface area (Å²) in [7, 11) is 0. The zero-order valence-corrected chi connectivity index (χ0v) is 11.2. The molecule has 0 saturated carbocycles. The van der Waals surface area contributed by atoms with Crippen molar-refractivity contribution in [1.82, 2.24) is 10.6 Å². The molecule has 0 bridgehead atoms. The number of carbonyl (C=O) groups is 2. The van der Waals surface area contributed by atoms with E-state index in [1.54, 1.807) is 5.32 Å². The predicted molar refractivity (Wildman–Crippen MR) is 65.1 cm³/mol. The molecule has 0 aromatic rings. The van der Waals surface area contributed by atoms with Crippen molar-refractivity contribution >= 4 is 11.9 Å². The van der Waals surface area contributed by atoms with E-state index >= 15 is 0 Å². The van der Waals surface area contributed by atoms with Crippen LogP contribution in [0.15, 0.2) is 0 Å².